The number of rotatable bonds is 2. The van der Waals surface area contributed by atoms with E-state index in [9.17, 15) is 15.0 Å². The molecule has 0 saturated heterocycles. The molecule has 2 N–H and O–H groups in total. The van der Waals surface area contributed by atoms with E-state index in [-0.39, 0.29) is 35.2 Å². The minimum atomic E-state index is -1.96. The first-order valence-electron chi connectivity index (χ1n) is 7.66. The average molecular weight is 344 g/mol. The van der Waals surface area contributed by atoms with Crippen molar-refractivity contribution in [3.63, 3.8) is 0 Å². The summed E-state index contributed by atoms with van der Waals surface area (Å²) < 4.78 is 21.9. The number of carbonyl (C=O) groups is 1. The van der Waals surface area contributed by atoms with Crippen LogP contribution in [0.5, 0.6) is 28.7 Å². The summed E-state index contributed by atoms with van der Waals surface area (Å²) in [7, 11) is 2.81. The van der Waals surface area contributed by atoms with E-state index in [1.54, 1.807) is 24.3 Å². The zero-order chi connectivity index (χ0) is 17.8. The molecule has 2 aliphatic heterocycles. The fourth-order valence-electron chi connectivity index (χ4n) is 3.37. The molecule has 0 saturated carbocycles. The maximum Gasteiger partial charge on any atom is 0.210 e. The summed E-state index contributed by atoms with van der Waals surface area (Å²) in [4.78, 5) is 13.2. The van der Waals surface area contributed by atoms with Crippen LogP contribution in [0.15, 0.2) is 30.3 Å². The highest BCUT2D eigenvalue weighted by Gasteiger charge is 2.57. The first kappa shape index (κ1) is 15.6. The molecule has 7 heteroatoms. The minimum absolute atomic E-state index is 0.0280. The van der Waals surface area contributed by atoms with E-state index in [1.165, 1.54) is 20.3 Å². The lowest BCUT2D eigenvalue weighted by atomic mass is 9.77. The molecule has 4 rings (SSSR count). The molecule has 2 aromatic carbocycles. The standard InChI is InChI=1S/C18H16O7/c1-22-12-7-10(19)14-16(15(12)23-2)25-13-8-24-11-6-4-3-5-9(11)18(13,21)17(14)20/h3-7,13,19,21H,8H2,1-2H3/t13-,18+/m0/s1. The summed E-state index contributed by atoms with van der Waals surface area (Å²) in [5, 5.41) is 21.6. The zero-order valence-electron chi connectivity index (χ0n) is 13.6. The summed E-state index contributed by atoms with van der Waals surface area (Å²) in [6, 6.07) is 7.97. The topological polar surface area (TPSA) is 94.5 Å². The lowest BCUT2D eigenvalue weighted by molar-refractivity contribution is -0.0808. The third-order valence-electron chi connectivity index (χ3n) is 4.59. The van der Waals surface area contributed by atoms with Gasteiger partial charge >= 0.3 is 0 Å². The Bertz CT molecular complexity index is 876. The van der Waals surface area contributed by atoms with Gasteiger partial charge in [-0.25, -0.2) is 0 Å². The van der Waals surface area contributed by atoms with E-state index >= 15 is 0 Å². The Morgan fingerprint density at radius 3 is 2.72 bits per heavy atom. The Hall–Kier alpha value is -2.93. The molecule has 2 aliphatic rings. The predicted octanol–water partition coefficient (Wildman–Crippen LogP) is 1.63. The van der Waals surface area contributed by atoms with Gasteiger partial charge in [-0.3, -0.25) is 4.79 Å². The summed E-state index contributed by atoms with van der Waals surface area (Å²) in [6.07, 6.45) is -0.984. The quantitative estimate of drug-likeness (QED) is 0.855. The van der Waals surface area contributed by atoms with Crippen LogP contribution >= 0.6 is 0 Å². The van der Waals surface area contributed by atoms with Crippen molar-refractivity contribution in [3.05, 3.63) is 41.5 Å². The van der Waals surface area contributed by atoms with Crippen LogP contribution < -0.4 is 18.9 Å². The van der Waals surface area contributed by atoms with Crippen molar-refractivity contribution in [1.29, 1.82) is 0 Å². The van der Waals surface area contributed by atoms with E-state index in [0.29, 0.717) is 11.3 Å². The van der Waals surface area contributed by atoms with Crippen molar-refractivity contribution >= 4 is 5.78 Å². The average Bonchev–Trinajstić information content (AvgIpc) is 2.62. The molecule has 0 fully saturated rings. The molecule has 0 spiro atoms. The monoisotopic (exact) mass is 344 g/mol. The van der Waals surface area contributed by atoms with Crippen LogP contribution in [0.1, 0.15) is 15.9 Å². The molecular weight excluding hydrogens is 328 g/mol. The second-order valence-electron chi connectivity index (χ2n) is 5.84. The Morgan fingerprint density at radius 1 is 1.24 bits per heavy atom. The second kappa shape index (κ2) is 5.29. The van der Waals surface area contributed by atoms with Gasteiger partial charge in [0.25, 0.3) is 0 Å². The third-order valence-corrected chi connectivity index (χ3v) is 4.59. The highest BCUT2D eigenvalue weighted by Crippen LogP contribution is 2.53. The van der Waals surface area contributed by atoms with Crippen molar-refractivity contribution in [2.24, 2.45) is 0 Å². The number of fused-ring (bicyclic) bond motifs is 4. The van der Waals surface area contributed by atoms with Crippen LogP contribution in [-0.2, 0) is 5.60 Å². The van der Waals surface area contributed by atoms with Crippen molar-refractivity contribution in [1.82, 2.24) is 0 Å². The maximum atomic E-state index is 13.2. The van der Waals surface area contributed by atoms with Gasteiger partial charge in [0.1, 0.15) is 23.7 Å². The van der Waals surface area contributed by atoms with Gasteiger partial charge < -0.3 is 29.2 Å². The number of hydrogen-bond acceptors (Lipinski definition) is 7. The van der Waals surface area contributed by atoms with Gasteiger partial charge in [-0.15, -0.1) is 0 Å². The number of Topliss-reactive ketones (excluding diaryl/α,β-unsaturated/α-hetero) is 1. The lowest BCUT2D eigenvalue weighted by Crippen LogP contribution is -2.57. The number of ether oxygens (including phenoxy) is 4. The van der Waals surface area contributed by atoms with Crippen LogP contribution in [0.25, 0.3) is 0 Å². The van der Waals surface area contributed by atoms with Crippen molar-refractivity contribution in [2.75, 3.05) is 20.8 Å². The van der Waals surface area contributed by atoms with Crippen molar-refractivity contribution in [3.8, 4) is 28.7 Å². The summed E-state index contributed by atoms with van der Waals surface area (Å²) in [6.45, 7) is -0.0280. The van der Waals surface area contributed by atoms with Gasteiger partial charge in [0.05, 0.1) is 14.2 Å². The van der Waals surface area contributed by atoms with Crippen molar-refractivity contribution < 1.29 is 34.0 Å². The van der Waals surface area contributed by atoms with Gasteiger partial charge in [0.2, 0.25) is 11.5 Å². The molecule has 0 aromatic heterocycles. The molecule has 25 heavy (non-hydrogen) atoms. The normalized spacial score (nSPS) is 23.5. The first-order chi connectivity index (χ1) is 12.0. The number of phenols is 1. The van der Waals surface area contributed by atoms with E-state index < -0.39 is 17.5 Å². The number of ketones is 1. The molecule has 7 nitrogen and oxygen atoms in total. The molecule has 2 heterocycles. The number of aliphatic hydroxyl groups is 1. The number of carbonyl (C=O) groups excluding carboxylic acids is 1. The molecule has 0 unspecified atom stereocenters. The number of aromatic hydroxyl groups is 1. The van der Waals surface area contributed by atoms with Crippen LogP contribution in [0.4, 0.5) is 0 Å². The Kier molecular flexibility index (Phi) is 3.30. The van der Waals surface area contributed by atoms with Gasteiger partial charge in [-0.2, -0.15) is 0 Å². The third kappa shape index (κ3) is 1.93. The van der Waals surface area contributed by atoms with Crippen LogP contribution in [-0.4, -0.2) is 42.9 Å². The molecule has 2 atom stereocenters. The maximum absolute atomic E-state index is 13.2. The molecule has 0 bridgehead atoms. The lowest BCUT2D eigenvalue weighted by Gasteiger charge is -2.43. The molecule has 0 amide bonds. The number of para-hydroxylation sites is 1. The number of benzene rings is 2. The predicted molar refractivity (Wildman–Crippen MR) is 85.8 cm³/mol. The highest BCUT2D eigenvalue weighted by molar-refractivity contribution is 6.10. The van der Waals surface area contributed by atoms with Crippen LogP contribution in [0.2, 0.25) is 0 Å². The molecule has 2 aromatic rings. The van der Waals surface area contributed by atoms with Gasteiger partial charge in [0, 0.05) is 11.6 Å². The van der Waals surface area contributed by atoms with E-state index in [1.807, 2.05) is 0 Å². The van der Waals surface area contributed by atoms with Crippen LogP contribution in [0.3, 0.4) is 0 Å². The summed E-state index contributed by atoms with van der Waals surface area (Å²) in [5.41, 5.74) is -1.80. The van der Waals surface area contributed by atoms with Crippen molar-refractivity contribution in [2.45, 2.75) is 11.7 Å². The summed E-state index contributed by atoms with van der Waals surface area (Å²) in [5.74, 6) is -0.205. The number of hydrogen-bond donors (Lipinski definition) is 2. The Morgan fingerprint density at radius 2 is 2.00 bits per heavy atom. The SMILES string of the molecule is COc1cc(O)c2c(c1OC)O[C@H]1COc3ccccc3[C@]1(O)C2=O. The molecule has 0 aliphatic carbocycles. The molecular formula is C18H16O7. The second-order valence-corrected chi connectivity index (χ2v) is 5.84. The van der Waals surface area contributed by atoms with Crippen LogP contribution in [0, 0.1) is 0 Å². The van der Waals surface area contributed by atoms with Gasteiger partial charge in [0.15, 0.2) is 23.2 Å². The fourth-order valence-corrected chi connectivity index (χ4v) is 3.37. The fraction of sp³-hybridized carbons (Fsp3) is 0.278. The number of methoxy groups -OCH3 is 2. The smallest absolute Gasteiger partial charge is 0.210 e. The molecule has 0 radical (unpaired) electrons. The largest absolute Gasteiger partial charge is 0.507 e. The Balaban J connectivity index is 1.97. The Labute approximate surface area is 143 Å². The highest BCUT2D eigenvalue weighted by atomic mass is 16.6. The van der Waals surface area contributed by atoms with E-state index in [0.717, 1.165) is 0 Å². The van der Waals surface area contributed by atoms with E-state index in [4.69, 9.17) is 18.9 Å². The zero-order valence-corrected chi connectivity index (χ0v) is 13.6. The molecule has 130 valence electrons. The van der Waals surface area contributed by atoms with E-state index in [2.05, 4.69) is 0 Å². The minimum Gasteiger partial charge on any atom is -0.507 e. The number of phenolic OH excluding ortho intramolecular Hbond substituents is 1. The summed E-state index contributed by atoms with van der Waals surface area (Å²) >= 11 is 0. The van der Waals surface area contributed by atoms with Gasteiger partial charge in [-0.1, -0.05) is 18.2 Å². The first-order valence-corrected chi connectivity index (χ1v) is 7.66. The van der Waals surface area contributed by atoms with Gasteiger partial charge in [-0.05, 0) is 6.07 Å².